The first kappa shape index (κ1) is 23.4. The van der Waals surface area contributed by atoms with Gasteiger partial charge in [0.15, 0.2) is 0 Å². The Morgan fingerprint density at radius 1 is 0.406 bits per heavy atom. The van der Waals surface area contributed by atoms with Gasteiger partial charge in [-0.1, -0.05) is 121 Å². The van der Waals surface area contributed by atoms with E-state index in [1.54, 1.807) is 0 Å². The predicted octanol–water partition coefficient (Wildman–Crippen LogP) is 4.91. The van der Waals surface area contributed by atoms with Crippen LogP contribution in [0, 0.1) is 0 Å². The molecule has 0 bridgehead atoms. The molecule has 0 aliphatic rings. The zero-order chi connectivity index (χ0) is 22.6. The Morgan fingerprint density at radius 2 is 0.688 bits per heavy atom. The number of rotatable bonds is 7. The number of hydrogen-bond donors (Lipinski definition) is 3. The second-order valence-corrected chi connectivity index (χ2v) is 7.74. The average Bonchev–Trinajstić information content (AvgIpc) is 2.86. The Bertz CT molecular complexity index is 920. The van der Waals surface area contributed by atoms with Gasteiger partial charge >= 0.3 is 0 Å². The second kappa shape index (κ2) is 12.6. The Balaban J connectivity index is 0.000000204. The first-order valence-electron chi connectivity index (χ1n) is 10.9. The van der Waals surface area contributed by atoms with Crippen LogP contribution in [0.4, 0.5) is 0 Å². The van der Waals surface area contributed by atoms with Crippen molar-refractivity contribution in [1.82, 2.24) is 0 Å². The van der Waals surface area contributed by atoms with Gasteiger partial charge in [0.1, 0.15) is 6.10 Å². The second-order valence-electron chi connectivity index (χ2n) is 7.74. The van der Waals surface area contributed by atoms with Crippen molar-refractivity contribution < 1.29 is 15.3 Å². The molecule has 3 heteroatoms. The maximum absolute atomic E-state index is 10.0. The van der Waals surface area contributed by atoms with E-state index in [4.69, 9.17) is 0 Å². The Hall–Kier alpha value is -3.24. The summed E-state index contributed by atoms with van der Waals surface area (Å²) >= 11 is 0. The Kier molecular flexibility index (Phi) is 9.20. The molecule has 0 spiro atoms. The summed E-state index contributed by atoms with van der Waals surface area (Å²) in [5, 5.41) is 30.0. The summed E-state index contributed by atoms with van der Waals surface area (Å²) < 4.78 is 0. The standard InChI is InChI=1S/C17H20O3.C12H10/c18-15(11-13-7-3-1-4-8-13)17(20)16(19)12-14-9-5-2-6-10-14;1-3-7-11(8-4-1)12-9-5-2-6-10-12/h1-10,15-20H,11-12H2;1-10H. The van der Waals surface area contributed by atoms with Gasteiger partial charge in [0.05, 0.1) is 12.2 Å². The minimum atomic E-state index is -1.16. The van der Waals surface area contributed by atoms with Crippen molar-refractivity contribution in [3.63, 3.8) is 0 Å². The molecule has 2 unspecified atom stereocenters. The molecule has 0 aliphatic heterocycles. The van der Waals surface area contributed by atoms with Crippen molar-refractivity contribution in [1.29, 1.82) is 0 Å². The Morgan fingerprint density at radius 3 is 1.00 bits per heavy atom. The third-order valence-corrected chi connectivity index (χ3v) is 5.24. The molecule has 0 amide bonds. The maximum Gasteiger partial charge on any atom is 0.106 e. The molecule has 3 nitrogen and oxygen atoms in total. The highest BCUT2D eigenvalue weighted by atomic mass is 16.4. The molecule has 4 aromatic carbocycles. The summed E-state index contributed by atoms with van der Waals surface area (Å²) in [5.41, 5.74) is 4.42. The molecule has 4 aromatic rings. The average molecular weight is 427 g/mol. The summed E-state index contributed by atoms with van der Waals surface area (Å²) in [7, 11) is 0. The first-order chi connectivity index (χ1) is 15.6. The highest BCUT2D eigenvalue weighted by Crippen LogP contribution is 2.17. The van der Waals surface area contributed by atoms with Crippen molar-refractivity contribution in [3.8, 4) is 11.1 Å². The van der Waals surface area contributed by atoms with Crippen molar-refractivity contribution in [2.24, 2.45) is 0 Å². The topological polar surface area (TPSA) is 60.7 Å². The third-order valence-electron chi connectivity index (χ3n) is 5.24. The lowest BCUT2D eigenvalue weighted by Gasteiger charge is -2.23. The lowest BCUT2D eigenvalue weighted by molar-refractivity contribution is -0.0577. The van der Waals surface area contributed by atoms with Crippen LogP contribution in [0.2, 0.25) is 0 Å². The molecule has 0 fully saturated rings. The van der Waals surface area contributed by atoms with Crippen LogP contribution in [0.15, 0.2) is 121 Å². The first-order valence-corrected chi connectivity index (χ1v) is 10.9. The summed E-state index contributed by atoms with van der Waals surface area (Å²) in [6, 6.07) is 39.7. The van der Waals surface area contributed by atoms with Crippen LogP contribution < -0.4 is 0 Å². The van der Waals surface area contributed by atoms with E-state index in [1.165, 1.54) is 11.1 Å². The van der Waals surface area contributed by atoms with Crippen molar-refractivity contribution in [3.05, 3.63) is 132 Å². The van der Waals surface area contributed by atoms with E-state index in [-0.39, 0.29) is 0 Å². The van der Waals surface area contributed by atoms with Crippen LogP contribution in [0.3, 0.4) is 0 Å². The number of aliphatic hydroxyl groups is 3. The van der Waals surface area contributed by atoms with Crippen LogP contribution in [0.25, 0.3) is 11.1 Å². The summed E-state index contributed by atoms with van der Waals surface area (Å²) in [4.78, 5) is 0. The van der Waals surface area contributed by atoms with Crippen molar-refractivity contribution in [2.75, 3.05) is 0 Å². The molecule has 2 atom stereocenters. The van der Waals surface area contributed by atoms with E-state index in [0.717, 1.165) is 11.1 Å². The lowest BCUT2D eigenvalue weighted by Crippen LogP contribution is -2.39. The summed E-state index contributed by atoms with van der Waals surface area (Å²) in [6.45, 7) is 0. The molecule has 0 aliphatic carbocycles. The highest BCUT2D eigenvalue weighted by Gasteiger charge is 2.24. The molecule has 3 N–H and O–H groups in total. The monoisotopic (exact) mass is 426 g/mol. The van der Waals surface area contributed by atoms with Crippen LogP contribution in [0.5, 0.6) is 0 Å². The molecule has 4 rings (SSSR count). The number of aliphatic hydroxyl groups excluding tert-OH is 3. The molecule has 0 saturated carbocycles. The van der Waals surface area contributed by atoms with Gasteiger partial charge in [0, 0.05) is 12.8 Å². The molecular formula is C29H30O3. The largest absolute Gasteiger partial charge is 0.390 e. The van der Waals surface area contributed by atoms with Gasteiger partial charge in [-0.2, -0.15) is 0 Å². The zero-order valence-corrected chi connectivity index (χ0v) is 18.0. The molecule has 0 saturated heterocycles. The van der Waals surface area contributed by atoms with Gasteiger partial charge < -0.3 is 15.3 Å². The Labute approximate surface area is 190 Å². The van der Waals surface area contributed by atoms with Crippen LogP contribution in [0.1, 0.15) is 11.1 Å². The third kappa shape index (κ3) is 7.47. The lowest BCUT2D eigenvalue weighted by atomic mass is 9.96. The SMILES string of the molecule is OC(Cc1ccccc1)C(O)C(O)Cc1ccccc1.c1ccc(-c2ccccc2)cc1. The fraction of sp³-hybridized carbons (Fsp3) is 0.172. The minimum Gasteiger partial charge on any atom is -0.390 e. The van der Waals surface area contributed by atoms with Crippen LogP contribution in [-0.2, 0) is 12.8 Å². The van der Waals surface area contributed by atoms with Gasteiger partial charge in [-0.15, -0.1) is 0 Å². The van der Waals surface area contributed by atoms with Crippen LogP contribution >= 0.6 is 0 Å². The maximum atomic E-state index is 10.0. The molecule has 0 radical (unpaired) electrons. The predicted molar refractivity (Wildman–Crippen MR) is 130 cm³/mol. The van der Waals surface area contributed by atoms with Crippen LogP contribution in [-0.4, -0.2) is 33.6 Å². The van der Waals surface area contributed by atoms with E-state index in [2.05, 4.69) is 48.5 Å². The molecular weight excluding hydrogens is 396 g/mol. The smallest absolute Gasteiger partial charge is 0.106 e. The van der Waals surface area contributed by atoms with Gasteiger partial charge in [0.25, 0.3) is 0 Å². The molecule has 0 aromatic heterocycles. The van der Waals surface area contributed by atoms with Crippen molar-refractivity contribution in [2.45, 2.75) is 31.2 Å². The van der Waals surface area contributed by atoms with Gasteiger partial charge in [-0.3, -0.25) is 0 Å². The normalized spacial score (nSPS) is 13.3. The van der Waals surface area contributed by atoms with E-state index in [9.17, 15) is 15.3 Å². The molecule has 32 heavy (non-hydrogen) atoms. The molecule has 0 heterocycles. The quantitative estimate of drug-likeness (QED) is 0.394. The van der Waals surface area contributed by atoms with Crippen molar-refractivity contribution >= 4 is 0 Å². The van der Waals surface area contributed by atoms with Gasteiger partial charge in [0.2, 0.25) is 0 Å². The zero-order valence-electron chi connectivity index (χ0n) is 18.0. The molecule has 164 valence electrons. The number of benzene rings is 4. The van der Waals surface area contributed by atoms with E-state index in [0.29, 0.717) is 12.8 Å². The van der Waals surface area contributed by atoms with Gasteiger partial charge in [-0.05, 0) is 22.3 Å². The number of hydrogen-bond acceptors (Lipinski definition) is 3. The van der Waals surface area contributed by atoms with E-state index >= 15 is 0 Å². The fourth-order valence-electron chi connectivity index (χ4n) is 3.47. The van der Waals surface area contributed by atoms with E-state index in [1.807, 2.05) is 72.8 Å². The van der Waals surface area contributed by atoms with E-state index < -0.39 is 18.3 Å². The fourth-order valence-corrected chi connectivity index (χ4v) is 3.47. The summed E-state index contributed by atoms with van der Waals surface area (Å²) in [5.74, 6) is 0. The summed E-state index contributed by atoms with van der Waals surface area (Å²) in [6.07, 6.45) is -2.45. The van der Waals surface area contributed by atoms with Gasteiger partial charge in [-0.25, -0.2) is 0 Å². The highest BCUT2D eigenvalue weighted by molar-refractivity contribution is 5.62. The minimum absolute atomic E-state index is 0.327.